The molecule has 2 N–H and O–H groups in total. The maximum atomic E-state index is 12.9. The summed E-state index contributed by atoms with van der Waals surface area (Å²) in [6.45, 7) is 5.24. The van der Waals surface area contributed by atoms with Crippen LogP contribution < -0.4 is 11.2 Å². The minimum absolute atomic E-state index is 0.0308. The molecule has 0 aliphatic heterocycles. The fraction of sp³-hybridized carbons (Fsp3) is 0.476. The number of carbonyl (C=O) groups excluding carboxylic acids is 1. The highest BCUT2D eigenvalue weighted by atomic mass is 16.2. The van der Waals surface area contributed by atoms with E-state index in [9.17, 15) is 14.4 Å². The molecule has 0 aliphatic carbocycles. The van der Waals surface area contributed by atoms with Gasteiger partial charge < -0.3 is 9.88 Å². The number of aromatic nitrogens is 2. The minimum atomic E-state index is -0.666. The number of hydrogen-bond donors (Lipinski definition) is 2. The summed E-state index contributed by atoms with van der Waals surface area (Å²) in [5, 5.41) is 0. The quantitative estimate of drug-likeness (QED) is 0.628. The number of nitrogens with one attached hydrogen (secondary N) is 2. The van der Waals surface area contributed by atoms with Gasteiger partial charge in [0.05, 0.1) is 0 Å². The first-order chi connectivity index (χ1) is 13.0. The van der Waals surface area contributed by atoms with Gasteiger partial charge in [0.25, 0.3) is 11.5 Å². The number of nitrogens with zero attached hydrogens (tertiary/aromatic N) is 1. The third kappa shape index (κ3) is 6.55. The van der Waals surface area contributed by atoms with Crippen LogP contribution in [-0.2, 0) is 6.54 Å². The highest BCUT2D eigenvalue weighted by Crippen LogP contribution is 2.14. The van der Waals surface area contributed by atoms with E-state index in [0.29, 0.717) is 13.1 Å². The summed E-state index contributed by atoms with van der Waals surface area (Å²) in [4.78, 5) is 42.3. The predicted octanol–water partition coefficient (Wildman–Crippen LogP) is 3.37. The molecule has 1 heterocycles. The van der Waals surface area contributed by atoms with Gasteiger partial charge in [-0.15, -0.1) is 0 Å². The average Bonchev–Trinajstić information content (AvgIpc) is 2.63. The molecule has 0 saturated carbocycles. The zero-order chi connectivity index (χ0) is 19.6. The fourth-order valence-corrected chi connectivity index (χ4v) is 3.08. The highest BCUT2D eigenvalue weighted by Gasteiger charge is 2.18. The lowest BCUT2D eigenvalue weighted by atomic mass is 10.1. The molecular weight excluding hydrogens is 342 g/mol. The molecule has 1 aromatic carbocycles. The summed E-state index contributed by atoms with van der Waals surface area (Å²) in [6, 6.07) is 9.07. The van der Waals surface area contributed by atoms with E-state index in [2.05, 4.69) is 16.9 Å². The third-order valence-corrected chi connectivity index (χ3v) is 4.68. The lowest BCUT2D eigenvalue weighted by molar-refractivity contribution is 0.0733. The molecule has 0 unspecified atom stereocenters. The van der Waals surface area contributed by atoms with Gasteiger partial charge in [-0.25, -0.2) is 4.79 Å². The summed E-state index contributed by atoms with van der Waals surface area (Å²) in [5.41, 5.74) is 0.962. The minimum Gasteiger partial charge on any atom is -0.333 e. The van der Waals surface area contributed by atoms with Gasteiger partial charge in [0, 0.05) is 19.2 Å². The second-order valence-electron chi connectivity index (χ2n) is 6.92. The molecule has 27 heavy (non-hydrogen) atoms. The van der Waals surface area contributed by atoms with Crippen molar-refractivity contribution >= 4 is 5.91 Å². The molecule has 0 radical (unpaired) electrons. The third-order valence-electron chi connectivity index (χ3n) is 4.68. The van der Waals surface area contributed by atoms with Crippen molar-refractivity contribution < 1.29 is 4.79 Å². The molecule has 2 aromatic rings. The number of aryl methyl sites for hydroxylation is 1. The van der Waals surface area contributed by atoms with E-state index in [0.717, 1.165) is 36.5 Å². The summed E-state index contributed by atoms with van der Waals surface area (Å²) in [7, 11) is 0. The van der Waals surface area contributed by atoms with Crippen molar-refractivity contribution in [3.63, 3.8) is 0 Å². The standard InChI is InChI=1S/C21H29N3O3/c1-3-4-5-6-7-10-13-24(15-17-12-9-8-11-16(17)2)20(26)18-14-19(25)23-21(27)22-18/h8-9,11-12,14H,3-7,10,13,15H2,1-2H3,(H2,22,23,25,27). The average molecular weight is 371 g/mol. The number of amides is 1. The fourth-order valence-electron chi connectivity index (χ4n) is 3.08. The molecule has 0 aliphatic rings. The Hall–Kier alpha value is -2.63. The van der Waals surface area contributed by atoms with Crippen LogP contribution in [0.4, 0.5) is 0 Å². The molecule has 6 heteroatoms. The Morgan fingerprint density at radius 2 is 1.70 bits per heavy atom. The van der Waals surface area contributed by atoms with Gasteiger partial charge in [-0.1, -0.05) is 63.3 Å². The van der Waals surface area contributed by atoms with E-state index in [1.54, 1.807) is 4.90 Å². The number of aromatic amines is 2. The van der Waals surface area contributed by atoms with Crippen molar-refractivity contribution in [1.29, 1.82) is 0 Å². The van der Waals surface area contributed by atoms with Gasteiger partial charge in [0.2, 0.25) is 0 Å². The van der Waals surface area contributed by atoms with Gasteiger partial charge >= 0.3 is 5.69 Å². The molecular formula is C21H29N3O3. The van der Waals surface area contributed by atoms with Crippen LogP contribution in [0.15, 0.2) is 39.9 Å². The van der Waals surface area contributed by atoms with E-state index in [1.165, 1.54) is 19.3 Å². The number of hydrogen-bond acceptors (Lipinski definition) is 3. The maximum absolute atomic E-state index is 12.9. The van der Waals surface area contributed by atoms with Gasteiger partial charge in [-0.2, -0.15) is 0 Å². The summed E-state index contributed by atoms with van der Waals surface area (Å²) in [5.74, 6) is -0.324. The van der Waals surface area contributed by atoms with Gasteiger partial charge in [0.1, 0.15) is 5.69 Å². The molecule has 1 amide bonds. The van der Waals surface area contributed by atoms with E-state index in [4.69, 9.17) is 0 Å². The molecule has 0 atom stereocenters. The van der Waals surface area contributed by atoms with Crippen LogP contribution in [0.3, 0.4) is 0 Å². The van der Waals surface area contributed by atoms with E-state index in [-0.39, 0.29) is 11.6 Å². The first kappa shape index (κ1) is 20.7. The Labute approximate surface area is 159 Å². The Kier molecular flexibility index (Phi) is 8.04. The summed E-state index contributed by atoms with van der Waals surface area (Å²) < 4.78 is 0. The van der Waals surface area contributed by atoms with Crippen LogP contribution in [0.1, 0.15) is 67.1 Å². The number of unbranched alkanes of at least 4 members (excludes halogenated alkanes) is 5. The molecule has 0 spiro atoms. The Morgan fingerprint density at radius 1 is 1.00 bits per heavy atom. The van der Waals surface area contributed by atoms with Crippen molar-refractivity contribution in [1.82, 2.24) is 14.9 Å². The van der Waals surface area contributed by atoms with Crippen molar-refractivity contribution in [3.8, 4) is 0 Å². The molecule has 0 fully saturated rings. The molecule has 146 valence electrons. The summed E-state index contributed by atoms with van der Waals surface area (Å²) in [6.07, 6.45) is 6.76. The monoisotopic (exact) mass is 371 g/mol. The van der Waals surface area contributed by atoms with Crippen molar-refractivity contribution in [2.45, 2.75) is 58.9 Å². The van der Waals surface area contributed by atoms with Crippen molar-refractivity contribution in [2.75, 3.05) is 6.54 Å². The summed E-state index contributed by atoms with van der Waals surface area (Å²) >= 11 is 0. The molecule has 0 bridgehead atoms. The molecule has 1 aromatic heterocycles. The maximum Gasteiger partial charge on any atom is 0.326 e. The van der Waals surface area contributed by atoms with Gasteiger partial charge in [-0.3, -0.25) is 14.6 Å². The van der Waals surface area contributed by atoms with Gasteiger partial charge in [0.15, 0.2) is 0 Å². The normalized spacial score (nSPS) is 10.7. The SMILES string of the molecule is CCCCCCCCN(Cc1ccccc1C)C(=O)c1cc(=O)[nH]c(=O)[nH]1. The van der Waals surface area contributed by atoms with Crippen molar-refractivity contribution in [3.05, 3.63) is 68.0 Å². The predicted molar refractivity (Wildman–Crippen MR) is 107 cm³/mol. The highest BCUT2D eigenvalue weighted by molar-refractivity contribution is 5.92. The van der Waals surface area contributed by atoms with Crippen LogP contribution in [0.5, 0.6) is 0 Å². The second kappa shape index (κ2) is 10.5. The van der Waals surface area contributed by atoms with Crippen LogP contribution in [0.2, 0.25) is 0 Å². The zero-order valence-electron chi connectivity index (χ0n) is 16.2. The van der Waals surface area contributed by atoms with Crippen LogP contribution in [0, 0.1) is 6.92 Å². The van der Waals surface area contributed by atoms with Crippen LogP contribution >= 0.6 is 0 Å². The number of benzene rings is 1. The zero-order valence-corrected chi connectivity index (χ0v) is 16.2. The number of rotatable bonds is 10. The molecule has 6 nitrogen and oxygen atoms in total. The van der Waals surface area contributed by atoms with Crippen LogP contribution in [-0.4, -0.2) is 27.3 Å². The Morgan fingerprint density at radius 3 is 2.41 bits per heavy atom. The van der Waals surface area contributed by atoms with E-state index in [1.807, 2.05) is 31.2 Å². The van der Waals surface area contributed by atoms with Gasteiger partial charge in [-0.05, 0) is 24.5 Å². The smallest absolute Gasteiger partial charge is 0.326 e. The largest absolute Gasteiger partial charge is 0.333 e. The molecule has 2 rings (SSSR count). The number of H-pyrrole nitrogens is 2. The molecule has 0 saturated heterocycles. The van der Waals surface area contributed by atoms with E-state index >= 15 is 0 Å². The Bertz CT molecular complexity index is 826. The lowest BCUT2D eigenvalue weighted by Gasteiger charge is -2.23. The topological polar surface area (TPSA) is 86.0 Å². The van der Waals surface area contributed by atoms with Crippen molar-refractivity contribution in [2.24, 2.45) is 0 Å². The number of carbonyl (C=O) groups is 1. The second-order valence-corrected chi connectivity index (χ2v) is 6.92. The lowest BCUT2D eigenvalue weighted by Crippen LogP contribution is -2.35. The van der Waals surface area contributed by atoms with E-state index < -0.39 is 11.2 Å². The van der Waals surface area contributed by atoms with Crippen LogP contribution in [0.25, 0.3) is 0 Å². The Balaban J connectivity index is 2.12. The first-order valence-corrected chi connectivity index (χ1v) is 9.68. The first-order valence-electron chi connectivity index (χ1n) is 9.68.